The van der Waals surface area contributed by atoms with E-state index in [-0.39, 0.29) is 5.91 Å². The Hall–Kier alpha value is -0.940. The summed E-state index contributed by atoms with van der Waals surface area (Å²) in [6, 6.07) is 0. The molecule has 0 aliphatic heterocycles. The molecule has 1 amide bonds. The van der Waals surface area contributed by atoms with Crippen molar-refractivity contribution in [2.75, 3.05) is 13.6 Å². The maximum atomic E-state index is 10.7. The van der Waals surface area contributed by atoms with E-state index in [1.54, 1.807) is 23.9 Å². The largest absolute Gasteiger partial charge is 0.358 e. The van der Waals surface area contributed by atoms with E-state index in [9.17, 15) is 4.79 Å². The lowest BCUT2D eigenvalue weighted by molar-refractivity contribution is -0.119. The number of carbonyl (C=O) groups is 1. The van der Waals surface area contributed by atoms with Crippen molar-refractivity contribution >= 4 is 17.2 Å². The number of thiazole rings is 1. The van der Waals surface area contributed by atoms with Gasteiger partial charge in [0.05, 0.1) is 17.7 Å². The minimum Gasteiger partial charge on any atom is -0.358 e. The quantitative estimate of drug-likeness (QED) is 0.693. The summed E-state index contributed by atoms with van der Waals surface area (Å²) in [7, 11) is 1.62. The summed E-state index contributed by atoms with van der Waals surface area (Å²) in [6.07, 6.45) is 0. The van der Waals surface area contributed by atoms with Gasteiger partial charge in [0.1, 0.15) is 0 Å². The Morgan fingerprint density at radius 1 is 1.75 bits per heavy atom. The summed E-state index contributed by atoms with van der Waals surface area (Å²) in [5.74, 6) is -0.00905. The second-order valence-corrected chi connectivity index (χ2v) is 2.98. The standard InChI is InChI=1S/C7H11N3OS/c1-8-7(11)3-9-2-6-4-12-5-10-6/h4-5,9H,2-3H2,1H3,(H,8,11). The average molecular weight is 185 g/mol. The molecule has 1 aromatic heterocycles. The molecule has 0 unspecified atom stereocenters. The number of rotatable bonds is 4. The molecule has 0 fully saturated rings. The van der Waals surface area contributed by atoms with Crippen molar-refractivity contribution in [3.05, 3.63) is 16.6 Å². The Morgan fingerprint density at radius 2 is 2.58 bits per heavy atom. The molecule has 1 aromatic rings. The Labute approximate surface area is 75.0 Å². The van der Waals surface area contributed by atoms with Crippen LogP contribution in [0.3, 0.4) is 0 Å². The van der Waals surface area contributed by atoms with Gasteiger partial charge in [-0.1, -0.05) is 0 Å². The lowest BCUT2D eigenvalue weighted by Gasteiger charge is -2.00. The second kappa shape index (κ2) is 4.84. The van der Waals surface area contributed by atoms with E-state index in [0.29, 0.717) is 13.1 Å². The number of hydrogen-bond acceptors (Lipinski definition) is 4. The SMILES string of the molecule is CNC(=O)CNCc1cscn1. The summed E-state index contributed by atoms with van der Waals surface area (Å²) < 4.78 is 0. The van der Waals surface area contributed by atoms with Crippen LogP contribution in [0, 0.1) is 0 Å². The Kier molecular flexibility index (Phi) is 3.69. The van der Waals surface area contributed by atoms with Crippen molar-refractivity contribution in [3.63, 3.8) is 0 Å². The molecule has 0 saturated carbocycles. The van der Waals surface area contributed by atoms with Crippen LogP contribution in [0.4, 0.5) is 0 Å². The zero-order valence-corrected chi connectivity index (χ0v) is 7.65. The minimum absolute atomic E-state index is 0.00905. The first-order chi connectivity index (χ1) is 5.83. The smallest absolute Gasteiger partial charge is 0.233 e. The molecule has 0 aliphatic rings. The van der Waals surface area contributed by atoms with Gasteiger partial charge in [0.25, 0.3) is 0 Å². The second-order valence-electron chi connectivity index (χ2n) is 2.26. The molecular weight excluding hydrogens is 174 g/mol. The molecule has 12 heavy (non-hydrogen) atoms. The number of nitrogens with zero attached hydrogens (tertiary/aromatic N) is 1. The van der Waals surface area contributed by atoms with E-state index >= 15 is 0 Å². The van der Waals surface area contributed by atoms with Gasteiger partial charge >= 0.3 is 0 Å². The number of amides is 1. The Morgan fingerprint density at radius 3 is 3.17 bits per heavy atom. The maximum Gasteiger partial charge on any atom is 0.233 e. The van der Waals surface area contributed by atoms with E-state index < -0.39 is 0 Å². The summed E-state index contributed by atoms with van der Waals surface area (Å²) in [4.78, 5) is 14.8. The van der Waals surface area contributed by atoms with E-state index in [1.165, 1.54) is 0 Å². The molecule has 0 saturated heterocycles. The van der Waals surface area contributed by atoms with Crippen LogP contribution >= 0.6 is 11.3 Å². The van der Waals surface area contributed by atoms with E-state index in [1.807, 2.05) is 5.38 Å². The predicted molar refractivity (Wildman–Crippen MR) is 47.9 cm³/mol. The van der Waals surface area contributed by atoms with Crippen LogP contribution < -0.4 is 10.6 Å². The van der Waals surface area contributed by atoms with E-state index in [4.69, 9.17) is 0 Å². The summed E-state index contributed by atoms with van der Waals surface area (Å²) >= 11 is 1.55. The molecule has 4 nitrogen and oxygen atoms in total. The molecule has 5 heteroatoms. The molecule has 0 atom stereocenters. The van der Waals surface area contributed by atoms with Gasteiger partial charge in [-0.25, -0.2) is 4.98 Å². The molecule has 66 valence electrons. The zero-order valence-electron chi connectivity index (χ0n) is 6.83. The fourth-order valence-electron chi connectivity index (χ4n) is 0.717. The lowest BCUT2D eigenvalue weighted by atomic mass is 10.4. The monoisotopic (exact) mass is 185 g/mol. The molecule has 0 bridgehead atoms. The van der Waals surface area contributed by atoms with Gasteiger partial charge in [-0.05, 0) is 0 Å². The average Bonchev–Trinajstić information content (AvgIpc) is 2.57. The van der Waals surface area contributed by atoms with Crippen LogP contribution in [0.25, 0.3) is 0 Å². The molecule has 0 radical (unpaired) electrons. The third-order valence-electron chi connectivity index (χ3n) is 1.35. The summed E-state index contributed by atoms with van der Waals surface area (Å²) in [6.45, 7) is 0.991. The zero-order chi connectivity index (χ0) is 8.81. The maximum absolute atomic E-state index is 10.7. The molecule has 1 heterocycles. The highest BCUT2D eigenvalue weighted by molar-refractivity contribution is 7.07. The number of nitrogens with one attached hydrogen (secondary N) is 2. The van der Waals surface area contributed by atoms with Crippen LogP contribution in [-0.2, 0) is 11.3 Å². The number of likely N-dealkylation sites (N-methyl/N-ethyl adjacent to an activating group) is 1. The first kappa shape index (κ1) is 9.15. The summed E-state index contributed by atoms with van der Waals surface area (Å²) in [5.41, 5.74) is 2.75. The highest BCUT2D eigenvalue weighted by Gasteiger charge is 1.97. The van der Waals surface area contributed by atoms with Crippen LogP contribution in [0.2, 0.25) is 0 Å². The Bertz CT molecular complexity index is 235. The topological polar surface area (TPSA) is 54.0 Å². The number of carbonyl (C=O) groups excluding carboxylic acids is 1. The fraction of sp³-hybridized carbons (Fsp3) is 0.429. The van der Waals surface area contributed by atoms with Crippen molar-refractivity contribution in [1.82, 2.24) is 15.6 Å². The number of aromatic nitrogens is 1. The third kappa shape index (κ3) is 2.98. The van der Waals surface area contributed by atoms with Crippen molar-refractivity contribution in [3.8, 4) is 0 Å². The molecule has 2 N–H and O–H groups in total. The van der Waals surface area contributed by atoms with Gasteiger partial charge in [0, 0.05) is 19.0 Å². The van der Waals surface area contributed by atoms with Gasteiger partial charge in [-0.3, -0.25) is 4.79 Å². The van der Waals surface area contributed by atoms with Gasteiger partial charge in [0.2, 0.25) is 5.91 Å². The van der Waals surface area contributed by atoms with Gasteiger partial charge in [0.15, 0.2) is 0 Å². The minimum atomic E-state index is -0.00905. The molecule has 1 rings (SSSR count). The van der Waals surface area contributed by atoms with Crippen molar-refractivity contribution in [2.24, 2.45) is 0 Å². The third-order valence-corrected chi connectivity index (χ3v) is 1.99. The van der Waals surface area contributed by atoms with Gasteiger partial charge in [-0.2, -0.15) is 0 Å². The van der Waals surface area contributed by atoms with E-state index in [2.05, 4.69) is 15.6 Å². The van der Waals surface area contributed by atoms with Crippen LogP contribution in [0.1, 0.15) is 5.69 Å². The first-order valence-corrected chi connectivity index (χ1v) is 4.55. The highest BCUT2D eigenvalue weighted by Crippen LogP contribution is 1.98. The van der Waals surface area contributed by atoms with Crippen LogP contribution in [0.15, 0.2) is 10.9 Å². The fourth-order valence-corrected chi connectivity index (χ4v) is 1.28. The van der Waals surface area contributed by atoms with Crippen molar-refractivity contribution < 1.29 is 4.79 Å². The molecule has 0 aromatic carbocycles. The van der Waals surface area contributed by atoms with Crippen molar-refractivity contribution in [2.45, 2.75) is 6.54 Å². The van der Waals surface area contributed by atoms with Crippen LogP contribution in [0.5, 0.6) is 0 Å². The first-order valence-electron chi connectivity index (χ1n) is 3.61. The predicted octanol–water partition coefficient (Wildman–Crippen LogP) is -0.0213. The number of hydrogen-bond donors (Lipinski definition) is 2. The van der Waals surface area contributed by atoms with Crippen molar-refractivity contribution in [1.29, 1.82) is 0 Å². The van der Waals surface area contributed by atoms with E-state index in [0.717, 1.165) is 5.69 Å². The Balaban J connectivity index is 2.15. The molecular formula is C7H11N3OS. The normalized spacial score (nSPS) is 9.75. The van der Waals surface area contributed by atoms with Gasteiger partial charge < -0.3 is 10.6 Å². The molecule has 0 spiro atoms. The summed E-state index contributed by atoms with van der Waals surface area (Å²) in [5, 5.41) is 7.45. The molecule has 0 aliphatic carbocycles. The lowest BCUT2D eigenvalue weighted by Crippen LogP contribution is -2.30. The van der Waals surface area contributed by atoms with Gasteiger partial charge in [-0.15, -0.1) is 11.3 Å². The van der Waals surface area contributed by atoms with Crippen LogP contribution in [-0.4, -0.2) is 24.5 Å². The highest BCUT2D eigenvalue weighted by atomic mass is 32.1.